The summed E-state index contributed by atoms with van der Waals surface area (Å²) in [7, 11) is 0. The minimum Gasteiger partial charge on any atom is -0.375 e. The highest BCUT2D eigenvalue weighted by atomic mass is 19.1. The molecular formula is C15H21FN2O. The normalized spacial score (nSPS) is 30.8. The number of hydrogen-bond acceptors (Lipinski definition) is 3. The maximum Gasteiger partial charge on any atom is 0.123 e. The van der Waals surface area contributed by atoms with E-state index in [1.165, 1.54) is 12.5 Å². The first-order valence-corrected chi connectivity index (χ1v) is 7.04. The van der Waals surface area contributed by atoms with E-state index >= 15 is 0 Å². The molecule has 3 rings (SSSR count). The number of nitrogens with two attached hydrogens (primary N) is 1. The van der Waals surface area contributed by atoms with Crippen LogP contribution in [0.2, 0.25) is 0 Å². The van der Waals surface area contributed by atoms with Gasteiger partial charge in [0.25, 0.3) is 0 Å². The van der Waals surface area contributed by atoms with E-state index < -0.39 is 0 Å². The van der Waals surface area contributed by atoms with Crippen molar-refractivity contribution in [3.05, 3.63) is 35.1 Å². The van der Waals surface area contributed by atoms with Gasteiger partial charge in [0.1, 0.15) is 5.82 Å². The Morgan fingerprint density at radius 3 is 2.95 bits per heavy atom. The summed E-state index contributed by atoms with van der Waals surface area (Å²) in [5.41, 5.74) is 5.07. The lowest BCUT2D eigenvalue weighted by molar-refractivity contribution is 0.0857. The SMILES string of the molecule is Cc1ccc(F)cc1CC(NN)C1CC2CCC1O2. The van der Waals surface area contributed by atoms with Crippen LogP contribution in [0.15, 0.2) is 18.2 Å². The highest BCUT2D eigenvalue weighted by Gasteiger charge is 2.44. The highest BCUT2D eigenvalue weighted by Crippen LogP contribution is 2.41. The first-order chi connectivity index (χ1) is 9.17. The van der Waals surface area contributed by atoms with Crippen LogP contribution >= 0.6 is 0 Å². The molecule has 1 aromatic rings. The largest absolute Gasteiger partial charge is 0.375 e. The van der Waals surface area contributed by atoms with Crippen LogP contribution in [-0.2, 0) is 11.2 Å². The molecule has 19 heavy (non-hydrogen) atoms. The molecule has 4 unspecified atom stereocenters. The summed E-state index contributed by atoms with van der Waals surface area (Å²) < 4.78 is 19.2. The van der Waals surface area contributed by atoms with Crippen molar-refractivity contribution >= 4 is 0 Å². The van der Waals surface area contributed by atoms with Crippen LogP contribution in [0.25, 0.3) is 0 Å². The van der Waals surface area contributed by atoms with Crippen LogP contribution in [-0.4, -0.2) is 18.2 Å². The Hall–Kier alpha value is -0.970. The fourth-order valence-electron chi connectivity index (χ4n) is 3.53. The number of nitrogens with one attached hydrogen (secondary N) is 1. The van der Waals surface area contributed by atoms with E-state index in [4.69, 9.17) is 10.6 Å². The molecule has 2 bridgehead atoms. The first kappa shape index (κ1) is 13.0. The lowest BCUT2D eigenvalue weighted by Gasteiger charge is -2.28. The fourth-order valence-corrected chi connectivity index (χ4v) is 3.53. The van der Waals surface area contributed by atoms with Gasteiger partial charge in [-0.15, -0.1) is 0 Å². The van der Waals surface area contributed by atoms with Crippen molar-refractivity contribution in [3.63, 3.8) is 0 Å². The number of rotatable bonds is 4. The molecule has 3 nitrogen and oxygen atoms in total. The van der Waals surface area contributed by atoms with Crippen LogP contribution in [0.5, 0.6) is 0 Å². The molecule has 0 amide bonds. The number of ether oxygens (including phenoxy) is 1. The van der Waals surface area contributed by atoms with Gasteiger partial charge in [0.05, 0.1) is 12.2 Å². The van der Waals surface area contributed by atoms with Crippen molar-refractivity contribution in [1.29, 1.82) is 0 Å². The standard InChI is InChI=1S/C15H21FN2O/c1-9-2-3-11(16)6-10(9)7-14(18-17)13-8-12-4-5-15(13)19-12/h2-3,6,12-15,18H,4-5,7-8,17H2,1H3. The number of fused-ring (bicyclic) bond motifs is 2. The van der Waals surface area contributed by atoms with Crippen LogP contribution in [0.1, 0.15) is 30.4 Å². The molecule has 0 aromatic heterocycles. The fraction of sp³-hybridized carbons (Fsp3) is 0.600. The van der Waals surface area contributed by atoms with E-state index in [1.807, 2.05) is 13.0 Å². The molecule has 4 atom stereocenters. The van der Waals surface area contributed by atoms with Gasteiger partial charge < -0.3 is 4.74 Å². The maximum atomic E-state index is 13.4. The summed E-state index contributed by atoms with van der Waals surface area (Å²) >= 11 is 0. The predicted molar refractivity (Wildman–Crippen MR) is 72.0 cm³/mol. The number of benzene rings is 1. The maximum absolute atomic E-state index is 13.4. The second-order valence-electron chi connectivity index (χ2n) is 5.82. The van der Waals surface area contributed by atoms with Crippen molar-refractivity contribution in [1.82, 2.24) is 5.43 Å². The Labute approximate surface area is 113 Å². The molecule has 0 saturated carbocycles. The third-order valence-corrected chi connectivity index (χ3v) is 4.63. The molecule has 2 fully saturated rings. The van der Waals surface area contributed by atoms with E-state index in [-0.39, 0.29) is 11.9 Å². The Bertz CT molecular complexity index is 465. The molecule has 0 radical (unpaired) electrons. The van der Waals surface area contributed by atoms with Gasteiger partial charge in [-0.25, -0.2) is 4.39 Å². The summed E-state index contributed by atoms with van der Waals surface area (Å²) in [6.07, 6.45) is 4.90. The molecule has 4 heteroatoms. The van der Waals surface area contributed by atoms with E-state index in [0.717, 1.165) is 30.4 Å². The van der Waals surface area contributed by atoms with Gasteiger partial charge in [0.15, 0.2) is 0 Å². The molecule has 3 N–H and O–H groups in total. The molecular weight excluding hydrogens is 243 g/mol. The molecule has 0 spiro atoms. The zero-order valence-corrected chi connectivity index (χ0v) is 11.2. The number of hydrazine groups is 1. The van der Waals surface area contributed by atoms with Crippen LogP contribution in [0, 0.1) is 18.7 Å². The van der Waals surface area contributed by atoms with Crippen molar-refractivity contribution in [2.24, 2.45) is 11.8 Å². The van der Waals surface area contributed by atoms with Crippen molar-refractivity contribution < 1.29 is 9.13 Å². The second kappa shape index (κ2) is 5.19. The average molecular weight is 264 g/mol. The third kappa shape index (κ3) is 2.53. The summed E-state index contributed by atoms with van der Waals surface area (Å²) in [5.74, 6) is 5.99. The zero-order valence-electron chi connectivity index (χ0n) is 11.2. The zero-order chi connectivity index (χ0) is 13.4. The van der Waals surface area contributed by atoms with Gasteiger partial charge >= 0.3 is 0 Å². The van der Waals surface area contributed by atoms with Crippen molar-refractivity contribution in [2.75, 3.05) is 0 Å². The molecule has 2 saturated heterocycles. The van der Waals surface area contributed by atoms with Crippen LogP contribution < -0.4 is 11.3 Å². The monoisotopic (exact) mass is 264 g/mol. The van der Waals surface area contributed by atoms with E-state index in [0.29, 0.717) is 18.1 Å². The van der Waals surface area contributed by atoms with Gasteiger partial charge in [-0.1, -0.05) is 6.07 Å². The van der Waals surface area contributed by atoms with Gasteiger partial charge in [-0.05, 0) is 55.9 Å². The van der Waals surface area contributed by atoms with Crippen LogP contribution in [0.4, 0.5) is 4.39 Å². The van der Waals surface area contributed by atoms with Crippen molar-refractivity contribution in [3.8, 4) is 0 Å². The summed E-state index contributed by atoms with van der Waals surface area (Å²) in [5, 5.41) is 0. The van der Waals surface area contributed by atoms with E-state index in [9.17, 15) is 4.39 Å². The molecule has 1 aromatic carbocycles. The summed E-state index contributed by atoms with van der Waals surface area (Å²) in [6, 6.07) is 5.11. The summed E-state index contributed by atoms with van der Waals surface area (Å²) in [4.78, 5) is 0. The van der Waals surface area contributed by atoms with E-state index in [2.05, 4.69) is 5.43 Å². The van der Waals surface area contributed by atoms with Gasteiger partial charge in [-0.2, -0.15) is 0 Å². The van der Waals surface area contributed by atoms with Gasteiger partial charge in [-0.3, -0.25) is 11.3 Å². The minimum atomic E-state index is -0.180. The van der Waals surface area contributed by atoms with Crippen LogP contribution in [0.3, 0.4) is 0 Å². The van der Waals surface area contributed by atoms with Crippen molar-refractivity contribution in [2.45, 2.75) is 50.9 Å². The minimum absolute atomic E-state index is 0.163. The van der Waals surface area contributed by atoms with E-state index in [1.54, 1.807) is 6.07 Å². The summed E-state index contributed by atoms with van der Waals surface area (Å²) in [6.45, 7) is 2.01. The lowest BCUT2D eigenvalue weighted by Crippen LogP contribution is -2.45. The Morgan fingerprint density at radius 1 is 1.47 bits per heavy atom. The van der Waals surface area contributed by atoms with Gasteiger partial charge in [0, 0.05) is 12.0 Å². The predicted octanol–water partition coefficient (Wildman–Crippen LogP) is 2.08. The Morgan fingerprint density at radius 2 is 2.32 bits per heavy atom. The van der Waals surface area contributed by atoms with Gasteiger partial charge in [0.2, 0.25) is 0 Å². The molecule has 0 aliphatic carbocycles. The lowest BCUT2D eigenvalue weighted by atomic mass is 9.81. The third-order valence-electron chi connectivity index (χ3n) is 4.63. The number of halogens is 1. The molecule has 104 valence electrons. The Kier molecular flexibility index (Phi) is 3.56. The smallest absolute Gasteiger partial charge is 0.123 e. The average Bonchev–Trinajstić information content (AvgIpc) is 3.02. The molecule has 2 heterocycles. The quantitative estimate of drug-likeness (QED) is 0.646. The Balaban J connectivity index is 1.74. The number of hydrogen-bond donors (Lipinski definition) is 2. The topological polar surface area (TPSA) is 47.3 Å². The first-order valence-electron chi connectivity index (χ1n) is 7.04. The molecule has 2 aliphatic heterocycles. The number of aryl methyl sites for hydroxylation is 1. The second-order valence-corrected chi connectivity index (χ2v) is 5.82. The highest BCUT2D eigenvalue weighted by molar-refractivity contribution is 5.27. The molecule has 2 aliphatic rings.